The summed E-state index contributed by atoms with van der Waals surface area (Å²) in [4.78, 5) is 62.0. The molecule has 5 aromatic rings. The van der Waals surface area contributed by atoms with Gasteiger partial charge < -0.3 is 49.3 Å². The number of nitrogens with zero attached hydrogens (tertiary/aromatic N) is 5. The number of hydrogen-bond acceptors (Lipinski definition) is 11. The second-order valence-electron chi connectivity index (χ2n) is 18.0. The number of aromatic nitrogens is 4. The zero-order valence-electron chi connectivity index (χ0n) is 37.9. The molecule has 1 saturated carbocycles. The average Bonchev–Trinajstić information content (AvgIpc) is 3.85. The third-order valence-electron chi connectivity index (χ3n) is 14.2. The van der Waals surface area contributed by atoms with Gasteiger partial charge in [-0.25, -0.2) is 23.9 Å². The number of ether oxygens (including phenoxy) is 4. The highest BCUT2D eigenvalue weighted by atomic mass is 19.1. The van der Waals surface area contributed by atoms with Gasteiger partial charge in [-0.1, -0.05) is 18.2 Å². The van der Waals surface area contributed by atoms with Crippen molar-refractivity contribution in [3.8, 4) is 0 Å². The van der Waals surface area contributed by atoms with Crippen molar-refractivity contribution >= 4 is 45.8 Å². The maximum atomic E-state index is 16.5. The Labute approximate surface area is 377 Å². The summed E-state index contributed by atoms with van der Waals surface area (Å²) in [6, 6.07) is 16.7. The lowest BCUT2D eigenvalue weighted by atomic mass is 10.0. The molecule has 3 saturated heterocycles. The highest BCUT2D eigenvalue weighted by Crippen LogP contribution is 2.50. The number of methoxy groups -OCH3 is 4. The topological polar surface area (TPSA) is 179 Å². The fourth-order valence-corrected chi connectivity index (χ4v) is 10.4. The van der Waals surface area contributed by atoms with E-state index in [4.69, 9.17) is 28.9 Å². The number of alkyl carbamates (subject to hydrolysis) is 2. The fourth-order valence-electron chi connectivity index (χ4n) is 10.4. The summed E-state index contributed by atoms with van der Waals surface area (Å²) in [5.74, 6) is 1.42. The second-order valence-corrected chi connectivity index (χ2v) is 18.0. The van der Waals surface area contributed by atoms with Crippen LogP contribution in [0.15, 0.2) is 54.6 Å². The van der Waals surface area contributed by atoms with E-state index in [1.165, 1.54) is 21.3 Å². The van der Waals surface area contributed by atoms with E-state index in [0.29, 0.717) is 30.4 Å². The van der Waals surface area contributed by atoms with Crippen LogP contribution >= 0.6 is 0 Å². The van der Waals surface area contributed by atoms with E-state index >= 15 is 4.39 Å². The van der Waals surface area contributed by atoms with Crippen molar-refractivity contribution < 1.29 is 37.7 Å². The maximum Gasteiger partial charge on any atom is 0.408 e. The minimum Gasteiger partial charge on any atom is -0.453 e. The molecule has 4 fully saturated rings. The molecule has 65 heavy (non-hydrogen) atoms. The highest BCUT2D eigenvalue weighted by molar-refractivity contribution is 5.87. The van der Waals surface area contributed by atoms with Crippen molar-refractivity contribution in [3.05, 3.63) is 88.8 Å². The van der Waals surface area contributed by atoms with Gasteiger partial charge in [0.15, 0.2) is 0 Å². The molecule has 0 spiro atoms. The Morgan fingerprint density at radius 3 is 1.83 bits per heavy atom. The molecule has 0 radical (unpaired) electrons. The van der Waals surface area contributed by atoms with E-state index in [9.17, 15) is 14.4 Å². The quantitative estimate of drug-likeness (QED) is 0.0855. The van der Waals surface area contributed by atoms with Crippen LogP contribution in [0.1, 0.15) is 124 Å². The zero-order chi connectivity index (χ0) is 45.5. The molecule has 5 heterocycles. The summed E-state index contributed by atoms with van der Waals surface area (Å²) >= 11 is 0. The van der Waals surface area contributed by atoms with Crippen LogP contribution in [0.2, 0.25) is 0 Å². The standard InChI is InChI=1S/C48H60FN9O7/c1-26(62-3)42(54-47(60)64-5)46(59)57-22-8-10-41(57)44-51-34-17-14-31(25-36(34)53-44)38-20-19-37(58(38)39-18-15-29(23-32(39)49)28-11-12-28)30-13-16-33-35(24-30)52-43(50-33)40-9-7-21-56(40)45(27(2)63-4)55-48(61)65-6/h13-18,23-28,37-38,40-42,45H,7-12,19-22H2,1-6H3,(H,50,52)(H,51,53)(H,54,60)(H,55,61)/t26-,27-,37+,38+,40+,41+,42+,45-/m1/s1. The first-order valence-electron chi connectivity index (χ1n) is 22.9. The van der Waals surface area contributed by atoms with E-state index in [1.54, 1.807) is 25.0 Å². The normalized spacial score (nSPS) is 23.2. The van der Waals surface area contributed by atoms with E-state index < -0.39 is 30.5 Å². The molecule has 1 aliphatic carbocycles. The predicted octanol–water partition coefficient (Wildman–Crippen LogP) is 7.82. The molecular weight excluding hydrogens is 834 g/mol. The molecule has 3 aromatic carbocycles. The highest BCUT2D eigenvalue weighted by Gasteiger charge is 2.41. The van der Waals surface area contributed by atoms with E-state index in [2.05, 4.69) is 60.7 Å². The van der Waals surface area contributed by atoms with Gasteiger partial charge in [0.25, 0.3) is 0 Å². The van der Waals surface area contributed by atoms with Gasteiger partial charge in [-0.05, 0) is 124 Å². The van der Waals surface area contributed by atoms with Gasteiger partial charge in [0, 0.05) is 27.3 Å². The number of rotatable bonds is 14. The van der Waals surface area contributed by atoms with Gasteiger partial charge in [0.1, 0.15) is 29.7 Å². The number of amides is 3. The van der Waals surface area contributed by atoms with Gasteiger partial charge >= 0.3 is 12.2 Å². The zero-order valence-corrected chi connectivity index (χ0v) is 37.9. The van der Waals surface area contributed by atoms with E-state index in [0.717, 1.165) is 96.1 Å². The van der Waals surface area contributed by atoms with Gasteiger partial charge in [0.05, 0.1) is 78.3 Å². The van der Waals surface area contributed by atoms with Crippen molar-refractivity contribution in [3.63, 3.8) is 0 Å². The molecule has 3 aliphatic heterocycles. The molecule has 3 amide bonds. The number of benzene rings is 3. The molecule has 9 rings (SSSR count). The van der Waals surface area contributed by atoms with Crippen LogP contribution in [-0.2, 0) is 23.7 Å². The van der Waals surface area contributed by atoms with Crippen LogP contribution in [0.4, 0.5) is 19.7 Å². The number of imidazole rings is 2. The molecule has 2 aromatic heterocycles. The number of H-pyrrole nitrogens is 2. The number of anilines is 1. The van der Waals surface area contributed by atoms with Crippen LogP contribution < -0.4 is 15.5 Å². The molecule has 16 nitrogen and oxygen atoms in total. The molecule has 0 bridgehead atoms. The molecule has 4 N–H and O–H groups in total. The number of carbonyl (C=O) groups excluding carboxylic acids is 3. The summed E-state index contributed by atoms with van der Waals surface area (Å²) in [6.45, 7) is 4.94. The molecule has 17 heteroatoms. The molecule has 346 valence electrons. The summed E-state index contributed by atoms with van der Waals surface area (Å²) < 4.78 is 37.5. The fraction of sp³-hybridized carbons (Fsp3) is 0.521. The third kappa shape index (κ3) is 8.73. The maximum absolute atomic E-state index is 16.5. The number of hydrogen-bond donors (Lipinski definition) is 4. The summed E-state index contributed by atoms with van der Waals surface area (Å²) in [6.07, 6.45) is 4.51. The monoisotopic (exact) mass is 893 g/mol. The Balaban J connectivity index is 1.02. The van der Waals surface area contributed by atoms with Crippen LogP contribution in [0.5, 0.6) is 0 Å². The SMILES string of the molecule is COC(=O)N[C@H](C(=O)N1CCC[C@H]1c1nc2ccc([C@@H]3CC[C@@H](c4ccc5nc([C@@H]6CCCN6[C@@H](NC(=O)OC)[C@@H](C)OC)[nH]c5c4)N3c3ccc(C4CC4)cc3F)cc2[nH]1)[C@@H](C)OC. The summed E-state index contributed by atoms with van der Waals surface area (Å²) in [5, 5.41) is 5.62. The number of likely N-dealkylation sites (tertiary alicyclic amines) is 2. The first-order chi connectivity index (χ1) is 31.5. The van der Waals surface area contributed by atoms with Crippen molar-refractivity contribution in [2.45, 2.75) is 120 Å². The Morgan fingerprint density at radius 2 is 1.25 bits per heavy atom. The summed E-state index contributed by atoms with van der Waals surface area (Å²) in [7, 11) is 5.75. The number of carbonyl (C=O) groups is 3. The number of nitrogens with one attached hydrogen (secondary N) is 4. The van der Waals surface area contributed by atoms with Crippen molar-refractivity contribution in [1.82, 2.24) is 40.4 Å². The van der Waals surface area contributed by atoms with Crippen LogP contribution in [-0.4, -0.2) is 114 Å². The lowest BCUT2D eigenvalue weighted by Gasteiger charge is -2.35. The minimum atomic E-state index is -0.933. The molecule has 4 aliphatic rings. The average molecular weight is 894 g/mol. The summed E-state index contributed by atoms with van der Waals surface area (Å²) in [5.41, 5.74) is 7.02. The Morgan fingerprint density at radius 1 is 0.677 bits per heavy atom. The number of aromatic amines is 2. The lowest BCUT2D eigenvalue weighted by molar-refractivity contribution is -0.137. The van der Waals surface area contributed by atoms with Gasteiger partial charge in [-0.3, -0.25) is 9.69 Å². The first-order valence-corrected chi connectivity index (χ1v) is 22.9. The van der Waals surface area contributed by atoms with E-state index in [1.807, 2.05) is 25.1 Å². The first kappa shape index (κ1) is 44.4. The van der Waals surface area contributed by atoms with Crippen LogP contribution in [0.3, 0.4) is 0 Å². The van der Waals surface area contributed by atoms with Gasteiger partial charge in [0.2, 0.25) is 5.91 Å². The van der Waals surface area contributed by atoms with E-state index in [-0.39, 0.29) is 42.0 Å². The Hall–Kier alpha value is -5.78. The van der Waals surface area contributed by atoms with Gasteiger partial charge in [-0.2, -0.15) is 0 Å². The van der Waals surface area contributed by atoms with Crippen molar-refractivity contribution in [1.29, 1.82) is 0 Å². The predicted molar refractivity (Wildman–Crippen MR) is 242 cm³/mol. The Kier molecular flexibility index (Phi) is 12.7. The minimum absolute atomic E-state index is 0.0768. The largest absolute Gasteiger partial charge is 0.453 e. The second kappa shape index (κ2) is 18.6. The van der Waals surface area contributed by atoms with Crippen LogP contribution in [0, 0.1) is 5.82 Å². The number of halogens is 1. The smallest absolute Gasteiger partial charge is 0.408 e. The van der Waals surface area contributed by atoms with Crippen LogP contribution in [0.25, 0.3) is 22.1 Å². The molecular formula is C48H60FN9O7. The molecule has 8 atom stereocenters. The third-order valence-corrected chi connectivity index (χ3v) is 14.2. The van der Waals surface area contributed by atoms with Crippen molar-refractivity contribution in [2.75, 3.05) is 46.4 Å². The lowest BCUT2D eigenvalue weighted by Crippen LogP contribution is -2.54. The number of fused-ring (bicyclic) bond motifs is 2. The Bertz CT molecular complexity index is 2540. The molecule has 0 unspecified atom stereocenters. The van der Waals surface area contributed by atoms with Crippen molar-refractivity contribution in [2.24, 2.45) is 0 Å². The van der Waals surface area contributed by atoms with Gasteiger partial charge in [-0.15, -0.1) is 0 Å².